The summed E-state index contributed by atoms with van der Waals surface area (Å²) in [4.78, 5) is 27.9. The van der Waals surface area contributed by atoms with Gasteiger partial charge in [0.2, 0.25) is 5.95 Å². The van der Waals surface area contributed by atoms with Gasteiger partial charge in [-0.1, -0.05) is 29.3 Å². The van der Waals surface area contributed by atoms with Crippen LogP contribution in [0.4, 0.5) is 5.95 Å². The van der Waals surface area contributed by atoms with Crippen LogP contribution in [0.3, 0.4) is 0 Å². The van der Waals surface area contributed by atoms with Gasteiger partial charge >= 0.3 is 0 Å². The van der Waals surface area contributed by atoms with Crippen molar-refractivity contribution in [2.24, 2.45) is 0 Å². The van der Waals surface area contributed by atoms with E-state index in [9.17, 15) is 4.79 Å². The molecule has 0 radical (unpaired) electrons. The molecule has 0 fully saturated rings. The number of benzene rings is 1. The summed E-state index contributed by atoms with van der Waals surface area (Å²) in [6, 6.07) is 7.04. The van der Waals surface area contributed by atoms with E-state index in [1.807, 2.05) is 6.07 Å². The monoisotopic (exact) mass is 401 g/mol. The van der Waals surface area contributed by atoms with Crippen molar-refractivity contribution in [3.8, 4) is 0 Å². The molecule has 3 aromatic heterocycles. The first-order valence-corrected chi connectivity index (χ1v) is 8.75. The molecule has 0 atom stereocenters. The Kier molecular flexibility index (Phi) is 4.74. The van der Waals surface area contributed by atoms with E-state index in [1.54, 1.807) is 30.6 Å². The Bertz CT molecular complexity index is 1160. The topological polar surface area (TPSA) is 101 Å². The lowest BCUT2D eigenvalue weighted by Gasteiger charge is -2.07. The number of nitrogens with one attached hydrogen (secondary N) is 2. The zero-order valence-electron chi connectivity index (χ0n) is 13.9. The Morgan fingerprint density at radius 3 is 2.74 bits per heavy atom. The highest BCUT2D eigenvalue weighted by molar-refractivity contribution is 6.42. The molecule has 8 nitrogen and oxygen atoms in total. The summed E-state index contributed by atoms with van der Waals surface area (Å²) in [6.07, 6.45) is 4.82. The van der Waals surface area contributed by atoms with Gasteiger partial charge in [-0.15, -0.1) is 0 Å². The largest absolute Gasteiger partial charge is 0.352 e. The Balaban J connectivity index is 1.57. The van der Waals surface area contributed by atoms with Crippen LogP contribution < -0.4 is 10.9 Å². The van der Waals surface area contributed by atoms with E-state index in [-0.39, 0.29) is 12.1 Å². The molecule has 3 heterocycles. The number of anilines is 1. The number of aromatic amines is 1. The maximum absolute atomic E-state index is 12.5. The van der Waals surface area contributed by atoms with Gasteiger partial charge in [-0.3, -0.25) is 9.78 Å². The standard InChI is InChI=1S/C17H13Cl2N7O/c18-11-3-2-10(6-12(11)19)7-22-17-24-13-8-23-26(15(13)16(27)25-17)9-14-20-4-1-5-21-14/h1-6,8H,7,9H2,(H2,22,24,25,27). The summed E-state index contributed by atoms with van der Waals surface area (Å²) in [5.41, 5.74) is 1.45. The third-order valence-electron chi connectivity index (χ3n) is 3.85. The van der Waals surface area contributed by atoms with E-state index in [2.05, 4.69) is 30.4 Å². The Morgan fingerprint density at radius 1 is 1.15 bits per heavy atom. The molecule has 0 aliphatic heterocycles. The fraction of sp³-hybridized carbons (Fsp3) is 0.118. The van der Waals surface area contributed by atoms with Crippen molar-refractivity contribution in [2.45, 2.75) is 13.1 Å². The highest BCUT2D eigenvalue weighted by Gasteiger charge is 2.12. The second-order valence-corrected chi connectivity index (χ2v) is 6.53. The van der Waals surface area contributed by atoms with Crippen LogP contribution in [0.1, 0.15) is 11.4 Å². The Labute approximate surface area is 163 Å². The van der Waals surface area contributed by atoms with Crippen molar-refractivity contribution in [1.82, 2.24) is 29.7 Å². The molecule has 0 amide bonds. The van der Waals surface area contributed by atoms with Gasteiger partial charge in [0.25, 0.3) is 5.56 Å². The number of nitrogens with zero attached hydrogens (tertiary/aromatic N) is 5. The molecule has 4 aromatic rings. The smallest absolute Gasteiger partial charge is 0.278 e. The molecule has 27 heavy (non-hydrogen) atoms. The van der Waals surface area contributed by atoms with Crippen LogP contribution in [0, 0.1) is 0 Å². The minimum Gasteiger partial charge on any atom is -0.352 e. The summed E-state index contributed by atoms with van der Waals surface area (Å²) in [7, 11) is 0. The molecule has 136 valence electrons. The lowest BCUT2D eigenvalue weighted by atomic mass is 10.2. The highest BCUT2D eigenvalue weighted by atomic mass is 35.5. The number of hydrogen-bond donors (Lipinski definition) is 2. The molecular formula is C17H13Cl2N7O. The van der Waals surface area contributed by atoms with E-state index in [1.165, 1.54) is 10.9 Å². The van der Waals surface area contributed by atoms with Crippen molar-refractivity contribution in [3.63, 3.8) is 0 Å². The van der Waals surface area contributed by atoms with Crippen molar-refractivity contribution >= 4 is 40.2 Å². The molecule has 0 aliphatic carbocycles. The van der Waals surface area contributed by atoms with Gasteiger partial charge in [-0.25, -0.2) is 19.6 Å². The van der Waals surface area contributed by atoms with E-state index in [0.29, 0.717) is 39.4 Å². The highest BCUT2D eigenvalue weighted by Crippen LogP contribution is 2.22. The number of fused-ring (bicyclic) bond motifs is 1. The van der Waals surface area contributed by atoms with E-state index >= 15 is 0 Å². The first kappa shape index (κ1) is 17.4. The van der Waals surface area contributed by atoms with Crippen LogP contribution in [0.5, 0.6) is 0 Å². The normalized spacial score (nSPS) is 11.0. The third-order valence-corrected chi connectivity index (χ3v) is 4.59. The first-order valence-electron chi connectivity index (χ1n) is 7.99. The molecule has 1 aromatic carbocycles. The molecular weight excluding hydrogens is 389 g/mol. The van der Waals surface area contributed by atoms with Crippen LogP contribution in [0.2, 0.25) is 10.0 Å². The van der Waals surface area contributed by atoms with Gasteiger partial charge in [0.1, 0.15) is 17.9 Å². The molecule has 0 unspecified atom stereocenters. The van der Waals surface area contributed by atoms with Gasteiger partial charge in [-0.05, 0) is 23.8 Å². The summed E-state index contributed by atoms with van der Waals surface area (Å²) >= 11 is 11.9. The molecule has 0 aliphatic rings. The molecule has 0 spiro atoms. The number of hydrogen-bond acceptors (Lipinski definition) is 6. The van der Waals surface area contributed by atoms with Crippen molar-refractivity contribution < 1.29 is 0 Å². The molecule has 4 rings (SSSR count). The second-order valence-electron chi connectivity index (χ2n) is 5.72. The van der Waals surface area contributed by atoms with Crippen LogP contribution in [0.25, 0.3) is 11.0 Å². The van der Waals surface area contributed by atoms with Crippen molar-refractivity contribution in [1.29, 1.82) is 0 Å². The predicted octanol–water partition coefficient (Wildman–Crippen LogP) is 2.88. The fourth-order valence-corrected chi connectivity index (χ4v) is 2.91. The molecule has 0 saturated heterocycles. The SMILES string of the molecule is O=c1[nH]c(NCc2ccc(Cl)c(Cl)c2)nc2cnn(Cc3ncccn3)c12. The first-order chi connectivity index (χ1) is 13.1. The Hall–Kier alpha value is -2.97. The summed E-state index contributed by atoms with van der Waals surface area (Å²) in [5.74, 6) is 0.901. The molecule has 10 heteroatoms. The minimum atomic E-state index is -0.301. The maximum Gasteiger partial charge on any atom is 0.278 e. The lowest BCUT2D eigenvalue weighted by Crippen LogP contribution is -2.17. The van der Waals surface area contributed by atoms with Crippen molar-refractivity contribution in [3.05, 3.63) is 74.6 Å². The minimum absolute atomic E-state index is 0.283. The number of H-pyrrole nitrogens is 1. The quantitative estimate of drug-likeness (QED) is 0.532. The van der Waals surface area contributed by atoms with Gasteiger partial charge in [0, 0.05) is 18.9 Å². The lowest BCUT2D eigenvalue weighted by molar-refractivity contribution is 0.674. The van der Waals surface area contributed by atoms with Gasteiger partial charge in [-0.2, -0.15) is 5.10 Å². The second kappa shape index (κ2) is 7.34. The zero-order valence-corrected chi connectivity index (χ0v) is 15.4. The predicted molar refractivity (Wildman–Crippen MR) is 103 cm³/mol. The summed E-state index contributed by atoms with van der Waals surface area (Å²) in [5, 5.41) is 8.25. The van der Waals surface area contributed by atoms with Gasteiger partial charge in [0.05, 0.1) is 16.2 Å². The van der Waals surface area contributed by atoms with Crippen molar-refractivity contribution in [2.75, 3.05) is 5.32 Å². The number of halogens is 2. The summed E-state index contributed by atoms with van der Waals surface area (Å²) < 4.78 is 1.53. The van der Waals surface area contributed by atoms with E-state index in [0.717, 1.165) is 5.56 Å². The van der Waals surface area contributed by atoms with Crippen LogP contribution in [0.15, 0.2) is 47.7 Å². The average molecular weight is 402 g/mol. The zero-order chi connectivity index (χ0) is 18.8. The maximum atomic E-state index is 12.5. The number of rotatable bonds is 5. The molecule has 0 bridgehead atoms. The van der Waals surface area contributed by atoms with Crippen LogP contribution >= 0.6 is 23.2 Å². The summed E-state index contributed by atoms with van der Waals surface area (Å²) in [6.45, 7) is 0.711. The van der Waals surface area contributed by atoms with Crippen LogP contribution in [-0.4, -0.2) is 29.7 Å². The molecule has 2 N–H and O–H groups in total. The average Bonchev–Trinajstić information content (AvgIpc) is 3.07. The Morgan fingerprint density at radius 2 is 1.96 bits per heavy atom. The van der Waals surface area contributed by atoms with Crippen LogP contribution in [-0.2, 0) is 13.1 Å². The van der Waals surface area contributed by atoms with Gasteiger partial charge in [0.15, 0.2) is 5.52 Å². The third kappa shape index (κ3) is 3.76. The van der Waals surface area contributed by atoms with E-state index < -0.39 is 0 Å². The number of aromatic nitrogens is 6. The van der Waals surface area contributed by atoms with Gasteiger partial charge < -0.3 is 5.32 Å². The van der Waals surface area contributed by atoms with E-state index in [4.69, 9.17) is 23.2 Å². The fourth-order valence-electron chi connectivity index (χ4n) is 2.59. The molecule has 0 saturated carbocycles.